The minimum absolute atomic E-state index is 0.488. The van der Waals surface area contributed by atoms with Gasteiger partial charge < -0.3 is 0 Å². The van der Waals surface area contributed by atoms with Gasteiger partial charge in [0.25, 0.3) is 0 Å². The zero-order chi connectivity index (χ0) is 7.83. The van der Waals surface area contributed by atoms with Crippen LogP contribution in [0.5, 0.6) is 0 Å². The van der Waals surface area contributed by atoms with E-state index in [1.165, 1.54) is 19.3 Å². The van der Waals surface area contributed by atoms with Crippen molar-refractivity contribution in [2.24, 2.45) is 10.8 Å². The Labute approximate surface area is 65.0 Å². The van der Waals surface area contributed by atoms with E-state index in [0.717, 1.165) is 0 Å². The van der Waals surface area contributed by atoms with Crippen molar-refractivity contribution in [3.63, 3.8) is 0 Å². The third-order valence-electron chi connectivity index (χ3n) is 2.42. The van der Waals surface area contributed by atoms with E-state index < -0.39 is 0 Å². The minimum atomic E-state index is 0.488. The molecule has 0 aromatic carbocycles. The van der Waals surface area contributed by atoms with Crippen LogP contribution in [0.2, 0.25) is 0 Å². The van der Waals surface area contributed by atoms with E-state index in [0.29, 0.717) is 10.8 Å². The van der Waals surface area contributed by atoms with Gasteiger partial charge in [-0.25, -0.2) is 0 Å². The van der Waals surface area contributed by atoms with E-state index in [1.54, 1.807) is 0 Å². The van der Waals surface area contributed by atoms with Crippen molar-refractivity contribution in [3.8, 4) is 0 Å². The van der Waals surface area contributed by atoms with Crippen LogP contribution in [0.4, 0.5) is 0 Å². The van der Waals surface area contributed by atoms with Crippen molar-refractivity contribution >= 4 is 0 Å². The zero-order valence-corrected chi connectivity index (χ0v) is 7.70. The van der Waals surface area contributed by atoms with Crippen LogP contribution in [0.1, 0.15) is 47.0 Å². The molecular formula is C10H19. The van der Waals surface area contributed by atoms with Gasteiger partial charge in [-0.2, -0.15) is 0 Å². The summed E-state index contributed by atoms with van der Waals surface area (Å²) in [4.78, 5) is 0. The maximum atomic E-state index is 2.52. The molecule has 0 unspecified atom stereocenters. The fourth-order valence-corrected chi connectivity index (χ4v) is 2.20. The molecule has 0 N–H and O–H groups in total. The van der Waals surface area contributed by atoms with Gasteiger partial charge in [0.15, 0.2) is 0 Å². The Balaban J connectivity index is 2.56. The van der Waals surface area contributed by atoms with Crippen molar-refractivity contribution in [2.45, 2.75) is 47.0 Å². The third kappa shape index (κ3) is 2.00. The third-order valence-corrected chi connectivity index (χ3v) is 2.42. The molecule has 1 radical (unpaired) electrons. The number of rotatable bonds is 0. The van der Waals surface area contributed by atoms with Crippen molar-refractivity contribution in [1.29, 1.82) is 0 Å². The summed E-state index contributed by atoms with van der Waals surface area (Å²) in [5.41, 5.74) is 0.976. The lowest BCUT2D eigenvalue weighted by Crippen LogP contribution is -2.29. The summed E-state index contributed by atoms with van der Waals surface area (Å²) < 4.78 is 0. The molecule has 0 saturated heterocycles. The van der Waals surface area contributed by atoms with Crippen LogP contribution < -0.4 is 0 Å². The summed E-state index contributed by atoms with van der Waals surface area (Å²) in [7, 11) is 0. The van der Waals surface area contributed by atoms with Gasteiger partial charge in [-0.3, -0.25) is 0 Å². The van der Waals surface area contributed by atoms with Gasteiger partial charge in [-0.1, -0.05) is 34.1 Å². The summed E-state index contributed by atoms with van der Waals surface area (Å²) in [6, 6.07) is 0. The first-order valence-electron chi connectivity index (χ1n) is 4.28. The Morgan fingerprint density at radius 3 is 1.50 bits per heavy atom. The molecule has 1 saturated carbocycles. The van der Waals surface area contributed by atoms with Crippen LogP contribution in [0, 0.1) is 17.3 Å². The molecule has 0 heteroatoms. The molecule has 59 valence electrons. The highest BCUT2D eigenvalue weighted by atomic mass is 14.4. The minimum Gasteiger partial charge on any atom is -0.0596 e. The number of hydrogen-bond donors (Lipinski definition) is 0. The monoisotopic (exact) mass is 139 g/mol. The SMILES string of the molecule is CC1(C)[CH]C(C)(C)CCC1. The molecule has 1 aliphatic rings. The van der Waals surface area contributed by atoms with Crippen LogP contribution in [0.3, 0.4) is 0 Å². The van der Waals surface area contributed by atoms with Gasteiger partial charge in [-0.05, 0) is 30.1 Å². The molecule has 0 aromatic rings. The Kier molecular flexibility index (Phi) is 1.82. The molecule has 1 rings (SSSR count). The van der Waals surface area contributed by atoms with Gasteiger partial charge in [0.05, 0.1) is 0 Å². The maximum Gasteiger partial charge on any atom is -0.0273 e. The van der Waals surface area contributed by atoms with Gasteiger partial charge in [0, 0.05) is 0 Å². The molecule has 1 fully saturated rings. The quantitative estimate of drug-likeness (QED) is 0.482. The molecule has 1 aliphatic carbocycles. The van der Waals surface area contributed by atoms with Gasteiger partial charge >= 0.3 is 0 Å². The average molecular weight is 139 g/mol. The van der Waals surface area contributed by atoms with E-state index in [1.807, 2.05) is 0 Å². The first-order valence-corrected chi connectivity index (χ1v) is 4.28. The van der Waals surface area contributed by atoms with Crippen molar-refractivity contribution in [1.82, 2.24) is 0 Å². The molecule has 0 spiro atoms. The van der Waals surface area contributed by atoms with Gasteiger partial charge in [-0.15, -0.1) is 0 Å². The van der Waals surface area contributed by atoms with E-state index in [2.05, 4.69) is 34.1 Å². The van der Waals surface area contributed by atoms with Gasteiger partial charge in [0.2, 0.25) is 0 Å². The summed E-state index contributed by atoms with van der Waals surface area (Å²) in [5, 5.41) is 0. The largest absolute Gasteiger partial charge is 0.0596 e. The van der Waals surface area contributed by atoms with Crippen LogP contribution in [-0.2, 0) is 0 Å². The van der Waals surface area contributed by atoms with Crippen LogP contribution in [0.25, 0.3) is 0 Å². The smallest absolute Gasteiger partial charge is 0.0273 e. The second-order valence-corrected chi connectivity index (χ2v) is 4.98. The summed E-state index contributed by atoms with van der Waals surface area (Å²) >= 11 is 0. The highest BCUT2D eigenvalue weighted by Crippen LogP contribution is 2.44. The lowest BCUT2D eigenvalue weighted by atomic mass is 9.65. The second-order valence-electron chi connectivity index (χ2n) is 4.98. The standard InChI is InChI=1S/C10H19/c1-9(2)6-5-7-10(3,4)8-9/h8H,5-7H2,1-4H3. The molecule has 0 heterocycles. The highest BCUT2D eigenvalue weighted by Gasteiger charge is 2.32. The van der Waals surface area contributed by atoms with Crippen LogP contribution >= 0.6 is 0 Å². The molecule has 0 atom stereocenters. The predicted molar refractivity (Wildman–Crippen MR) is 45.7 cm³/mol. The Hall–Kier alpha value is 0. The highest BCUT2D eigenvalue weighted by molar-refractivity contribution is 4.99. The van der Waals surface area contributed by atoms with Crippen LogP contribution in [-0.4, -0.2) is 0 Å². The van der Waals surface area contributed by atoms with E-state index in [-0.39, 0.29) is 0 Å². The summed E-state index contributed by atoms with van der Waals surface area (Å²) in [6.45, 7) is 9.36. The lowest BCUT2D eigenvalue weighted by Gasteiger charge is -2.40. The van der Waals surface area contributed by atoms with Crippen molar-refractivity contribution < 1.29 is 0 Å². The van der Waals surface area contributed by atoms with Crippen LogP contribution in [0.15, 0.2) is 0 Å². The fraction of sp³-hybridized carbons (Fsp3) is 0.900. The Bertz CT molecular complexity index is 106. The van der Waals surface area contributed by atoms with E-state index >= 15 is 0 Å². The topological polar surface area (TPSA) is 0 Å². The average Bonchev–Trinajstić information content (AvgIpc) is 1.56. The summed E-state index contributed by atoms with van der Waals surface area (Å²) in [5.74, 6) is 0. The normalized spacial score (nSPS) is 30.0. The van der Waals surface area contributed by atoms with E-state index in [9.17, 15) is 0 Å². The fourth-order valence-electron chi connectivity index (χ4n) is 2.20. The van der Waals surface area contributed by atoms with Gasteiger partial charge in [0.1, 0.15) is 0 Å². The first kappa shape index (κ1) is 8.10. The second kappa shape index (κ2) is 2.25. The molecular weight excluding hydrogens is 120 g/mol. The van der Waals surface area contributed by atoms with E-state index in [4.69, 9.17) is 0 Å². The molecule has 0 amide bonds. The molecule has 0 bridgehead atoms. The Morgan fingerprint density at radius 2 is 1.30 bits per heavy atom. The zero-order valence-electron chi connectivity index (χ0n) is 7.70. The molecule has 0 aliphatic heterocycles. The first-order chi connectivity index (χ1) is 4.41. The lowest BCUT2D eigenvalue weighted by molar-refractivity contribution is 0.206. The molecule has 0 aromatic heterocycles. The van der Waals surface area contributed by atoms with Crippen molar-refractivity contribution in [3.05, 3.63) is 6.42 Å². The van der Waals surface area contributed by atoms with Crippen molar-refractivity contribution in [2.75, 3.05) is 0 Å². The maximum absolute atomic E-state index is 2.52. The molecule has 10 heavy (non-hydrogen) atoms. The Morgan fingerprint density at radius 1 is 0.900 bits per heavy atom. The summed E-state index contributed by atoms with van der Waals surface area (Å²) in [6.07, 6.45) is 6.66. The predicted octanol–water partition coefficient (Wildman–Crippen LogP) is 3.43. The molecule has 0 nitrogen and oxygen atoms in total. The number of hydrogen-bond acceptors (Lipinski definition) is 0.